The highest BCUT2D eigenvalue weighted by atomic mass is 16.5. The van der Waals surface area contributed by atoms with Crippen LogP contribution in [0, 0.1) is 0 Å². The van der Waals surface area contributed by atoms with Crippen molar-refractivity contribution in [3.05, 3.63) is 218 Å². The number of urea groups is 4. The lowest BCUT2D eigenvalue weighted by atomic mass is 9.91. The number of rotatable bonds is 17. The zero-order valence-electron chi connectivity index (χ0n) is 85.5. The molecule has 8 amide bonds. The van der Waals surface area contributed by atoms with E-state index in [4.69, 9.17) is 18.9 Å². The Labute approximate surface area is 870 Å². The number of likely N-dealkylation sites (tertiary alicyclic amines) is 5. The minimum Gasteiger partial charge on any atom is -0.490 e. The number of aliphatic hydroxyl groups is 3. The molecule has 3 atom stereocenters. The Bertz CT molecular complexity index is 6330. The number of aromatic nitrogens is 8. The summed E-state index contributed by atoms with van der Waals surface area (Å²) in [7, 11) is 2.16. The Morgan fingerprint density at radius 3 is 0.799 bits per heavy atom. The highest BCUT2D eigenvalue weighted by Gasteiger charge is 2.35. The van der Waals surface area contributed by atoms with Gasteiger partial charge in [-0.05, 0) is 267 Å². The molecule has 24 rings (SSSR count). The smallest absolute Gasteiger partial charge is 0.321 e. The molecular formula is C114H140N24O11. The van der Waals surface area contributed by atoms with E-state index >= 15 is 0 Å². The summed E-state index contributed by atoms with van der Waals surface area (Å²) in [5.74, 6) is 2.07. The fourth-order valence-corrected chi connectivity index (χ4v) is 23.1. The number of aliphatic hydroxyl groups excluding tert-OH is 3. The molecule has 0 unspecified atom stereocenters. The summed E-state index contributed by atoms with van der Waals surface area (Å²) in [4.78, 5) is 114. The van der Waals surface area contributed by atoms with Gasteiger partial charge in [0.15, 0.2) is 0 Å². The van der Waals surface area contributed by atoms with Crippen molar-refractivity contribution >= 4 is 130 Å². The normalized spacial score (nSPS) is 20.7. The predicted molar refractivity (Wildman–Crippen MR) is 584 cm³/mol. The largest absolute Gasteiger partial charge is 0.490 e. The van der Waals surface area contributed by atoms with Crippen molar-refractivity contribution in [1.82, 2.24) is 64.4 Å². The van der Waals surface area contributed by atoms with Gasteiger partial charge in [0, 0.05) is 271 Å². The summed E-state index contributed by atoms with van der Waals surface area (Å²) in [5.41, 5.74) is 19.3. The number of nitrogens with one attached hydrogen (secondary N) is 4. The number of hydrogen-bond donors (Lipinski definition) is 7. The molecule has 782 valence electrons. The summed E-state index contributed by atoms with van der Waals surface area (Å²) in [6.45, 7) is 24.5. The van der Waals surface area contributed by atoms with Gasteiger partial charge in [-0.2, -0.15) is 0 Å². The third kappa shape index (κ3) is 25.1. The van der Waals surface area contributed by atoms with Crippen LogP contribution in [-0.4, -0.2) is 332 Å². The van der Waals surface area contributed by atoms with Crippen LogP contribution in [0.25, 0.3) is 43.6 Å². The molecule has 12 fully saturated rings. The van der Waals surface area contributed by atoms with E-state index in [0.717, 1.165) is 337 Å². The van der Waals surface area contributed by atoms with Gasteiger partial charge in [0.1, 0.15) is 37.2 Å². The van der Waals surface area contributed by atoms with Gasteiger partial charge in [-0.25, -0.2) is 59.0 Å². The van der Waals surface area contributed by atoms with Crippen molar-refractivity contribution < 1.29 is 53.4 Å². The quantitative estimate of drug-likeness (QED) is 0.0445. The van der Waals surface area contributed by atoms with E-state index in [9.17, 15) is 34.5 Å². The Morgan fingerprint density at radius 1 is 0.275 bits per heavy atom. The highest BCUT2D eigenvalue weighted by Crippen LogP contribution is 2.41. The molecule has 0 saturated carbocycles. The van der Waals surface area contributed by atoms with E-state index in [1.54, 1.807) is 25.3 Å². The van der Waals surface area contributed by atoms with E-state index < -0.39 is 0 Å². The number of nitrogens with zero attached hydrogens (tertiary/aromatic N) is 20. The Morgan fingerprint density at radius 2 is 0.530 bits per heavy atom. The number of ether oxygens (including phenoxy) is 4. The van der Waals surface area contributed by atoms with Crippen molar-refractivity contribution in [2.45, 2.75) is 144 Å². The lowest BCUT2D eigenvalue weighted by Gasteiger charge is -2.32. The Kier molecular flexibility index (Phi) is 32.5. The number of benzene rings is 8. The molecule has 4 aromatic heterocycles. The van der Waals surface area contributed by atoms with Crippen molar-refractivity contribution in [2.75, 3.05) is 259 Å². The SMILES string of the molecule is CN1CCC(Oc2ccc3c(C4CCN(C(=O)Nc5ccc(N6CCOCC6)cc5)CC4)ncnc3c2)CC1.O=C(Nc1ccc(N2CCCC2)cc1)N1CCC(c2ncnc3cc(N4CC[C@H](O)C4)ccc23)CC1.O=C(Nc1ccc(N2CCOCC2)cc1)N1CCC(c2ncnc3cc(N4CC[C@@H](O)C4)ccc23)CC1.O=C(Nc1ccc(N2CCOCC2)cc1)N1CCC(c2ncnc3cc(N4CC[C@H](O)C4)ccc23)CC1. The summed E-state index contributed by atoms with van der Waals surface area (Å²) >= 11 is 0. The highest BCUT2D eigenvalue weighted by molar-refractivity contribution is 5.94. The first-order chi connectivity index (χ1) is 73.0. The minimum absolute atomic E-state index is 0.0349. The lowest BCUT2D eigenvalue weighted by molar-refractivity contribution is 0.114. The molecule has 35 nitrogen and oxygen atoms in total. The topological polar surface area (TPSA) is 356 Å². The van der Waals surface area contributed by atoms with Crippen LogP contribution in [0.1, 0.15) is 143 Å². The minimum atomic E-state index is -0.256. The third-order valence-electron chi connectivity index (χ3n) is 31.9. The number of anilines is 11. The molecule has 16 heterocycles. The fraction of sp³-hybridized carbons (Fsp3) is 0.474. The molecule has 12 saturated heterocycles. The predicted octanol–water partition coefficient (Wildman–Crippen LogP) is 15.5. The number of carbonyl (C=O) groups is 4. The van der Waals surface area contributed by atoms with Gasteiger partial charge >= 0.3 is 24.1 Å². The number of carbonyl (C=O) groups excluding carboxylic acids is 4. The third-order valence-corrected chi connectivity index (χ3v) is 31.9. The molecule has 12 aliphatic rings. The summed E-state index contributed by atoms with van der Waals surface area (Å²) in [5, 5.41) is 46.2. The van der Waals surface area contributed by atoms with Crippen LogP contribution in [0.2, 0.25) is 0 Å². The van der Waals surface area contributed by atoms with Crippen LogP contribution >= 0.6 is 0 Å². The number of fused-ring (bicyclic) bond motifs is 4. The number of amides is 8. The van der Waals surface area contributed by atoms with Gasteiger partial charge < -0.3 is 114 Å². The molecule has 12 aliphatic heterocycles. The molecular weight excluding hydrogens is 1880 g/mol. The monoisotopic (exact) mass is 2020 g/mol. The number of morpholine rings is 3. The Balaban J connectivity index is 0.000000116. The van der Waals surface area contributed by atoms with Crippen LogP contribution in [0.3, 0.4) is 0 Å². The number of hydrogen-bond acceptors (Lipinski definition) is 27. The number of piperidine rings is 5. The first-order valence-corrected chi connectivity index (χ1v) is 54.0. The van der Waals surface area contributed by atoms with E-state index in [2.05, 4.69) is 223 Å². The first-order valence-electron chi connectivity index (χ1n) is 54.0. The van der Waals surface area contributed by atoms with E-state index in [0.29, 0.717) is 95.7 Å². The van der Waals surface area contributed by atoms with Gasteiger partial charge in [-0.1, -0.05) is 0 Å². The zero-order valence-corrected chi connectivity index (χ0v) is 85.5. The van der Waals surface area contributed by atoms with Crippen LogP contribution in [0.15, 0.2) is 195 Å². The summed E-state index contributed by atoms with van der Waals surface area (Å²) in [6, 6.07) is 57.5. The van der Waals surface area contributed by atoms with Crippen molar-refractivity contribution in [3.8, 4) is 5.75 Å². The second-order valence-electron chi connectivity index (χ2n) is 41.6. The van der Waals surface area contributed by atoms with Crippen molar-refractivity contribution in [1.29, 1.82) is 0 Å². The first kappa shape index (κ1) is 101. The summed E-state index contributed by atoms with van der Waals surface area (Å²) in [6.07, 6.45) is 20.2. The van der Waals surface area contributed by atoms with Crippen LogP contribution in [0.5, 0.6) is 5.75 Å². The van der Waals surface area contributed by atoms with Crippen molar-refractivity contribution in [3.63, 3.8) is 0 Å². The zero-order chi connectivity index (χ0) is 101. The van der Waals surface area contributed by atoms with Crippen LogP contribution < -0.4 is 60.3 Å². The molecule has 8 aromatic carbocycles. The maximum absolute atomic E-state index is 13.0. The molecule has 0 aliphatic carbocycles. The maximum Gasteiger partial charge on any atom is 0.321 e. The Hall–Kier alpha value is -13.7. The molecule has 0 radical (unpaired) electrons. The molecule has 0 spiro atoms. The molecule has 0 bridgehead atoms. The fourth-order valence-electron chi connectivity index (χ4n) is 23.1. The van der Waals surface area contributed by atoms with Gasteiger partial charge in [0.05, 0.1) is 103 Å². The van der Waals surface area contributed by atoms with E-state index in [-0.39, 0.29) is 48.5 Å². The second kappa shape index (κ2) is 47.9. The molecule has 12 aromatic rings. The van der Waals surface area contributed by atoms with E-state index in [1.807, 2.05) is 74.2 Å². The van der Waals surface area contributed by atoms with Crippen molar-refractivity contribution in [2.24, 2.45) is 0 Å². The average molecular weight is 2020 g/mol. The number of β-amino-alcohol motifs (C(OH)–C–C–N with tert-alkyl or cyclic N) is 3. The van der Waals surface area contributed by atoms with Gasteiger partial charge in [0.2, 0.25) is 0 Å². The molecule has 7 N–H and O–H groups in total. The lowest BCUT2D eigenvalue weighted by Crippen LogP contribution is -2.40. The average Bonchev–Trinajstić information content (AvgIpc) is 1.67. The standard InChI is InChI=1S/C30H38N6O3.2C28H34N6O3.C28H34N6O2/c1-34-12-10-25(11-13-34)39-26-6-7-27-28(20-26)31-21-32-29(27)22-8-14-36(15-9-22)30(37)33-23-2-4-24(5-3-23)35-16-18-38-19-17-35;2*35-24-9-12-34(18-24)23-5-6-25-26(17-23)29-19-30-27(25)20-7-10-33(11-8-20)28(36)31-21-1-3-22(4-2-21)32-13-15-37-16-14-32;35-24-11-16-34(18-24)23-7-8-25-26(17-23)29-19-30-27(25)20-9-14-33(15-10-20)28(36)31-21-3-5-22(6-4-21)32-12-1-2-13-32/h2-7,20-22,25H,8-19H2,1H3,(H,33,37);2*1-6,17,19-20,24,35H,7-16,18H2,(H,31,36);3-8,17,19-20,24,35H,1-2,9-16,18H2,(H,31,36)/t;3*24-/m.100/s1. The van der Waals surface area contributed by atoms with Crippen LogP contribution in [0.4, 0.5) is 81.7 Å². The van der Waals surface area contributed by atoms with E-state index in [1.165, 1.54) is 18.5 Å². The van der Waals surface area contributed by atoms with Crippen LogP contribution in [-0.2, 0) is 14.2 Å². The van der Waals surface area contributed by atoms with Gasteiger partial charge in [-0.15, -0.1) is 0 Å². The molecule has 149 heavy (non-hydrogen) atoms. The van der Waals surface area contributed by atoms with Gasteiger partial charge in [0.25, 0.3) is 0 Å². The maximum atomic E-state index is 13.0. The second-order valence-corrected chi connectivity index (χ2v) is 41.6. The molecule has 35 heteroatoms. The summed E-state index contributed by atoms with van der Waals surface area (Å²) < 4.78 is 22.6. The van der Waals surface area contributed by atoms with Gasteiger partial charge in [-0.3, -0.25) is 0 Å².